The summed E-state index contributed by atoms with van der Waals surface area (Å²) in [6.07, 6.45) is 10.9. The smallest absolute Gasteiger partial charge is 0.287 e. The maximum atomic E-state index is 12.8. The summed E-state index contributed by atoms with van der Waals surface area (Å²) in [7, 11) is 1.93. The number of fused-ring (bicyclic) bond motifs is 1. The van der Waals surface area contributed by atoms with E-state index < -0.39 is 5.91 Å². The van der Waals surface area contributed by atoms with Crippen molar-refractivity contribution in [3.8, 4) is 0 Å². The van der Waals surface area contributed by atoms with E-state index in [0.29, 0.717) is 36.4 Å². The molecule has 2 fully saturated rings. The number of benzene rings is 2. The normalized spacial score (nSPS) is 17.6. The fourth-order valence-corrected chi connectivity index (χ4v) is 6.07. The van der Waals surface area contributed by atoms with Crippen LogP contribution in [-0.4, -0.2) is 43.1 Å². The standard InChI is InChI=1S/C32H37N3O4S/c1-34(40-2)25-14-15-29-27(19-25)28(36)20-30(39-29)32(38)33-17-16-22-10-12-23(13-11-22)26-8-4-3-7-24(26)21-35-18-6-5-9-31(35)37/h3-4,7-8,14-16,19-20,23H,5-6,9-13,17-18,21H2,1-2H3,(H,33,38). The minimum absolute atomic E-state index is 0.0226. The average Bonchev–Trinajstić information content (AvgIpc) is 2.98. The summed E-state index contributed by atoms with van der Waals surface area (Å²) >= 11 is 1.55. The summed E-state index contributed by atoms with van der Waals surface area (Å²) in [6, 6.07) is 15.2. The zero-order valence-electron chi connectivity index (χ0n) is 23.3. The molecule has 3 aromatic rings. The molecule has 40 heavy (non-hydrogen) atoms. The van der Waals surface area contributed by atoms with E-state index >= 15 is 0 Å². The topological polar surface area (TPSA) is 82.9 Å². The number of likely N-dealkylation sites (tertiary alicyclic amines) is 1. The van der Waals surface area contributed by atoms with E-state index in [0.717, 1.165) is 50.8 Å². The number of amides is 2. The van der Waals surface area contributed by atoms with Crippen molar-refractivity contribution in [2.45, 2.75) is 57.4 Å². The van der Waals surface area contributed by atoms with Crippen LogP contribution in [-0.2, 0) is 11.3 Å². The number of allylic oxidation sites excluding steroid dienone is 1. The number of rotatable bonds is 8. The molecule has 210 valence electrons. The minimum Gasteiger partial charge on any atom is -0.451 e. The summed E-state index contributed by atoms with van der Waals surface area (Å²) in [6.45, 7) is 1.96. The van der Waals surface area contributed by atoms with Crippen LogP contribution in [0.2, 0.25) is 0 Å². The third kappa shape index (κ3) is 6.44. The van der Waals surface area contributed by atoms with Crippen LogP contribution in [0.3, 0.4) is 0 Å². The lowest BCUT2D eigenvalue weighted by Gasteiger charge is -2.30. The average molecular weight is 560 g/mol. The van der Waals surface area contributed by atoms with Gasteiger partial charge in [0.2, 0.25) is 5.91 Å². The Bertz CT molecular complexity index is 1470. The first-order valence-electron chi connectivity index (χ1n) is 14.1. The van der Waals surface area contributed by atoms with Crippen molar-refractivity contribution in [2.24, 2.45) is 0 Å². The highest BCUT2D eigenvalue weighted by Gasteiger charge is 2.24. The molecule has 1 N–H and O–H groups in total. The number of nitrogens with one attached hydrogen (secondary N) is 1. The second kappa shape index (κ2) is 12.8. The number of carbonyl (C=O) groups excluding carboxylic acids is 2. The van der Waals surface area contributed by atoms with Gasteiger partial charge in [0.1, 0.15) is 5.58 Å². The fraction of sp³-hybridized carbons (Fsp3) is 0.406. The minimum atomic E-state index is -0.393. The number of nitrogens with zero attached hydrogens (tertiary/aromatic N) is 2. The van der Waals surface area contributed by atoms with E-state index in [1.807, 2.05) is 28.6 Å². The Kier molecular flexibility index (Phi) is 8.94. The van der Waals surface area contributed by atoms with Crippen LogP contribution >= 0.6 is 11.9 Å². The van der Waals surface area contributed by atoms with Gasteiger partial charge in [-0.15, -0.1) is 0 Å². The van der Waals surface area contributed by atoms with E-state index in [1.54, 1.807) is 24.1 Å². The number of piperidine rings is 1. The molecular weight excluding hydrogens is 522 g/mol. The predicted octanol–water partition coefficient (Wildman–Crippen LogP) is 6.03. The van der Waals surface area contributed by atoms with Crippen molar-refractivity contribution < 1.29 is 14.0 Å². The molecule has 7 nitrogen and oxygen atoms in total. The highest BCUT2D eigenvalue weighted by molar-refractivity contribution is 7.99. The molecule has 8 heteroatoms. The van der Waals surface area contributed by atoms with Crippen LogP contribution in [0.5, 0.6) is 0 Å². The van der Waals surface area contributed by atoms with Crippen LogP contribution in [0.4, 0.5) is 5.69 Å². The second-order valence-electron chi connectivity index (χ2n) is 10.7. The first kappa shape index (κ1) is 28.0. The fourth-order valence-electron chi connectivity index (χ4n) is 5.75. The van der Waals surface area contributed by atoms with Gasteiger partial charge in [-0.05, 0) is 73.8 Å². The molecule has 1 aliphatic carbocycles. The van der Waals surface area contributed by atoms with Gasteiger partial charge in [-0.25, -0.2) is 0 Å². The molecule has 1 saturated heterocycles. The zero-order valence-corrected chi connectivity index (χ0v) is 24.1. The van der Waals surface area contributed by atoms with Crippen molar-refractivity contribution in [1.82, 2.24) is 10.2 Å². The first-order valence-corrected chi connectivity index (χ1v) is 15.3. The lowest BCUT2D eigenvalue weighted by atomic mass is 9.79. The van der Waals surface area contributed by atoms with Crippen LogP contribution < -0.4 is 15.1 Å². The lowest BCUT2D eigenvalue weighted by molar-refractivity contribution is -0.133. The van der Waals surface area contributed by atoms with Crippen LogP contribution in [0.25, 0.3) is 11.0 Å². The Morgan fingerprint density at radius 3 is 2.67 bits per heavy atom. The molecule has 0 atom stereocenters. The summed E-state index contributed by atoms with van der Waals surface area (Å²) in [5.41, 5.74) is 5.04. The van der Waals surface area contributed by atoms with E-state index in [-0.39, 0.29) is 17.1 Å². The summed E-state index contributed by atoms with van der Waals surface area (Å²) in [5.74, 6) is 0.379. The van der Waals surface area contributed by atoms with Crippen molar-refractivity contribution in [3.05, 3.63) is 87.3 Å². The summed E-state index contributed by atoms with van der Waals surface area (Å²) < 4.78 is 7.72. The molecule has 0 radical (unpaired) electrons. The monoisotopic (exact) mass is 559 g/mol. The van der Waals surface area contributed by atoms with E-state index in [1.165, 1.54) is 22.8 Å². The summed E-state index contributed by atoms with van der Waals surface area (Å²) in [4.78, 5) is 39.8. The Hall–Kier alpha value is -3.52. The van der Waals surface area contributed by atoms with Gasteiger partial charge >= 0.3 is 0 Å². The maximum absolute atomic E-state index is 12.8. The van der Waals surface area contributed by atoms with Crippen LogP contribution in [0.15, 0.2) is 69.4 Å². The zero-order chi connectivity index (χ0) is 28.1. The molecular formula is C32H37N3O4S. The Morgan fingerprint density at radius 2 is 1.90 bits per heavy atom. The van der Waals surface area contributed by atoms with Gasteiger partial charge in [-0.3, -0.25) is 14.4 Å². The third-order valence-electron chi connectivity index (χ3n) is 8.13. The highest BCUT2D eigenvalue weighted by Crippen LogP contribution is 2.37. The third-order valence-corrected chi connectivity index (χ3v) is 8.89. The molecule has 2 amide bonds. The molecule has 2 aromatic carbocycles. The quantitative estimate of drug-likeness (QED) is 0.268. The summed E-state index contributed by atoms with van der Waals surface area (Å²) in [5, 5.41) is 3.34. The van der Waals surface area contributed by atoms with Gasteiger partial charge in [-0.1, -0.05) is 47.9 Å². The molecule has 0 bridgehead atoms. The Morgan fingerprint density at radius 1 is 1.10 bits per heavy atom. The predicted molar refractivity (Wildman–Crippen MR) is 162 cm³/mol. The number of carbonyl (C=O) groups is 2. The number of hydrogen-bond acceptors (Lipinski definition) is 6. The van der Waals surface area contributed by atoms with Gasteiger partial charge in [0.15, 0.2) is 11.2 Å². The van der Waals surface area contributed by atoms with Crippen LogP contribution in [0.1, 0.15) is 72.5 Å². The molecule has 1 aromatic heterocycles. The van der Waals surface area contributed by atoms with Crippen LogP contribution in [0, 0.1) is 0 Å². The van der Waals surface area contributed by atoms with E-state index in [9.17, 15) is 14.4 Å². The molecule has 0 unspecified atom stereocenters. The van der Waals surface area contributed by atoms with E-state index in [4.69, 9.17) is 4.42 Å². The first-order chi connectivity index (χ1) is 19.4. The van der Waals surface area contributed by atoms with Gasteiger partial charge in [-0.2, -0.15) is 0 Å². The van der Waals surface area contributed by atoms with Gasteiger partial charge in [0, 0.05) is 51.1 Å². The second-order valence-corrected chi connectivity index (χ2v) is 11.6. The largest absolute Gasteiger partial charge is 0.451 e. The van der Waals surface area contributed by atoms with Gasteiger partial charge in [0.25, 0.3) is 5.91 Å². The molecule has 1 aliphatic heterocycles. The van der Waals surface area contributed by atoms with Crippen molar-refractivity contribution in [2.75, 3.05) is 30.7 Å². The SMILES string of the molecule is CSN(C)c1ccc2oc(C(=O)NCC=C3CCC(c4ccccc4CN4CCCCC4=O)CC3)cc(=O)c2c1. The maximum Gasteiger partial charge on any atom is 0.287 e. The van der Waals surface area contributed by atoms with Gasteiger partial charge in [0.05, 0.1) is 5.39 Å². The lowest BCUT2D eigenvalue weighted by Crippen LogP contribution is -2.35. The molecule has 5 rings (SSSR count). The van der Waals surface area contributed by atoms with Crippen molar-refractivity contribution >= 4 is 40.4 Å². The molecule has 1 saturated carbocycles. The van der Waals surface area contributed by atoms with E-state index in [2.05, 4.69) is 35.7 Å². The highest BCUT2D eigenvalue weighted by atomic mass is 32.2. The van der Waals surface area contributed by atoms with Crippen molar-refractivity contribution in [1.29, 1.82) is 0 Å². The number of hydrogen-bond donors (Lipinski definition) is 1. The van der Waals surface area contributed by atoms with Gasteiger partial charge < -0.3 is 18.9 Å². The Labute approximate surface area is 239 Å². The van der Waals surface area contributed by atoms with Crippen molar-refractivity contribution in [3.63, 3.8) is 0 Å². The molecule has 2 heterocycles. The Balaban J connectivity index is 1.17. The molecule has 2 aliphatic rings. The number of anilines is 1. The molecule has 0 spiro atoms.